The smallest absolute Gasteiger partial charge is 0.371 e. The maximum Gasteiger partial charge on any atom is 0.371 e. The van der Waals surface area contributed by atoms with Gasteiger partial charge in [0.05, 0.1) is 6.61 Å². The van der Waals surface area contributed by atoms with Crippen LogP contribution in [0.2, 0.25) is 0 Å². The van der Waals surface area contributed by atoms with Gasteiger partial charge in [-0.3, -0.25) is 0 Å². The van der Waals surface area contributed by atoms with Crippen molar-refractivity contribution < 1.29 is 35.8 Å². The Kier molecular flexibility index (Phi) is 13.2. The van der Waals surface area contributed by atoms with Crippen LogP contribution in [0.25, 0.3) is 11.4 Å². The number of halogens is 6. The monoisotopic (exact) mass is 534 g/mol. The molecule has 2 rings (SSSR count). The minimum atomic E-state index is -5.42. The summed E-state index contributed by atoms with van der Waals surface area (Å²) in [5.41, 5.74) is 1.99. The standard InChI is InChI=1S/C27H36F6N2O2/c1-2-3-4-5-6-8-11-21-18-34-24(35-19-21)22-12-14-23(15-13-22)37-17-10-7-9-16-36-20-26(30,31)27(32,33)25(28)29/h12-15,18-19,25H,2-11,16-17,20H2,1H3. The third-order valence-corrected chi connectivity index (χ3v) is 5.88. The van der Waals surface area contributed by atoms with Crippen LogP contribution in [0.3, 0.4) is 0 Å². The van der Waals surface area contributed by atoms with E-state index < -0.39 is 24.9 Å². The molecule has 0 bridgehead atoms. The number of hydrogen-bond donors (Lipinski definition) is 0. The van der Waals surface area contributed by atoms with Gasteiger partial charge in [-0.1, -0.05) is 39.0 Å². The van der Waals surface area contributed by atoms with Gasteiger partial charge in [0.1, 0.15) is 12.4 Å². The molecule has 0 aliphatic rings. The van der Waals surface area contributed by atoms with Crippen LogP contribution in [0.5, 0.6) is 5.75 Å². The maximum atomic E-state index is 13.1. The molecule has 2 aromatic rings. The van der Waals surface area contributed by atoms with Gasteiger partial charge in [-0.15, -0.1) is 0 Å². The zero-order valence-corrected chi connectivity index (χ0v) is 21.2. The van der Waals surface area contributed by atoms with Crippen molar-refractivity contribution in [3.05, 3.63) is 42.2 Å². The lowest BCUT2D eigenvalue weighted by molar-refractivity contribution is -0.278. The van der Waals surface area contributed by atoms with E-state index in [1.807, 2.05) is 24.5 Å². The molecular weight excluding hydrogens is 498 g/mol. The molecule has 4 nitrogen and oxygen atoms in total. The largest absolute Gasteiger partial charge is 0.494 e. The second-order valence-corrected chi connectivity index (χ2v) is 9.05. The van der Waals surface area contributed by atoms with Crippen LogP contribution < -0.4 is 4.74 Å². The summed E-state index contributed by atoms with van der Waals surface area (Å²) >= 11 is 0. The Bertz CT molecular complexity index is 879. The summed E-state index contributed by atoms with van der Waals surface area (Å²) in [4.78, 5) is 8.93. The normalized spacial score (nSPS) is 12.3. The summed E-state index contributed by atoms with van der Waals surface area (Å²) in [7, 11) is 0. The number of unbranched alkanes of at least 4 members (excludes halogenated alkanes) is 7. The summed E-state index contributed by atoms with van der Waals surface area (Å²) in [6.07, 6.45) is 9.16. The molecule has 0 saturated heterocycles. The molecule has 10 heteroatoms. The van der Waals surface area contributed by atoms with Gasteiger partial charge in [0.25, 0.3) is 0 Å². The minimum absolute atomic E-state index is 0.235. The van der Waals surface area contributed by atoms with E-state index in [0.29, 0.717) is 37.4 Å². The molecule has 37 heavy (non-hydrogen) atoms. The predicted molar refractivity (Wildman–Crippen MR) is 131 cm³/mol. The molecule has 1 heterocycles. The lowest BCUT2D eigenvalue weighted by Gasteiger charge is -2.25. The maximum absolute atomic E-state index is 13.1. The van der Waals surface area contributed by atoms with Crippen molar-refractivity contribution >= 4 is 0 Å². The Morgan fingerprint density at radius 2 is 1.38 bits per heavy atom. The number of hydrogen-bond acceptors (Lipinski definition) is 4. The number of aryl methyl sites for hydroxylation is 1. The molecule has 0 amide bonds. The fraction of sp³-hybridized carbons (Fsp3) is 0.630. The van der Waals surface area contributed by atoms with E-state index >= 15 is 0 Å². The Morgan fingerprint density at radius 3 is 2.03 bits per heavy atom. The average Bonchev–Trinajstić information content (AvgIpc) is 2.88. The molecule has 1 aromatic carbocycles. The van der Waals surface area contributed by atoms with E-state index in [1.54, 1.807) is 12.1 Å². The third kappa shape index (κ3) is 10.5. The molecular formula is C27H36F6N2O2. The van der Waals surface area contributed by atoms with E-state index in [-0.39, 0.29) is 6.61 Å². The van der Waals surface area contributed by atoms with Gasteiger partial charge in [0, 0.05) is 24.6 Å². The second kappa shape index (κ2) is 15.8. The Balaban J connectivity index is 1.61. The lowest BCUT2D eigenvalue weighted by atomic mass is 10.1. The number of nitrogens with zero attached hydrogens (tertiary/aromatic N) is 2. The van der Waals surface area contributed by atoms with E-state index in [2.05, 4.69) is 21.6 Å². The van der Waals surface area contributed by atoms with Crippen LogP contribution in [0.1, 0.15) is 70.3 Å². The molecule has 0 radical (unpaired) electrons. The highest BCUT2D eigenvalue weighted by Crippen LogP contribution is 2.39. The molecule has 0 spiro atoms. The summed E-state index contributed by atoms with van der Waals surface area (Å²) < 4.78 is 86.0. The molecule has 1 aromatic heterocycles. The third-order valence-electron chi connectivity index (χ3n) is 5.88. The lowest BCUT2D eigenvalue weighted by Crippen LogP contribution is -2.49. The molecule has 0 unspecified atom stereocenters. The summed E-state index contributed by atoms with van der Waals surface area (Å²) in [6, 6.07) is 7.33. The van der Waals surface area contributed by atoms with Gasteiger partial charge >= 0.3 is 18.3 Å². The number of ether oxygens (including phenoxy) is 2. The molecule has 0 aliphatic heterocycles. The SMILES string of the molecule is CCCCCCCCc1cnc(-c2ccc(OCCCCCOCC(F)(F)C(F)(F)C(F)F)cc2)nc1. The van der Waals surface area contributed by atoms with Crippen LogP contribution in [0, 0.1) is 0 Å². The predicted octanol–water partition coefficient (Wildman–Crippen LogP) is 8.15. The number of benzene rings is 1. The first-order valence-corrected chi connectivity index (χ1v) is 12.8. The van der Waals surface area contributed by atoms with Crippen LogP contribution in [0.4, 0.5) is 26.3 Å². The topological polar surface area (TPSA) is 44.2 Å². The van der Waals surface area contributed by atoms with Crippen LogP contribution >= 0.6 is 0 Å². The Morgan fingerprint density at radius 1 is 0.784 bits per heavy atom. The summed E-state index contributed by atoms with van der Waals surface area (Å²) in [5.74, 6) is -9.06. The minimum Gasteiger partial charge on any atom is -0.494 e. The van der Waals surface area contributed by atoms with Gasteiger partial charge in [-0.25, -0.2) is 18.7 Å². The number of alkyl halides is 6. The first-order chi connectivity index (χ1) is 17.7. The quantitative estimate of drug-likeness (QED) is 0.135. The second-order valence-electron chi connectivity index (χ2n) is 9.05. The van der Waals surface area contributed by atoms with Crippen LogP contribution in [-0.2, 0) is 11.2 Å². The number of rotatable bonds is 19. The van der Waals surface area contributed by atoms with Gasteiger partial charge in [-0.05, 0) is 61.9 Å². The Hall–Kier alpha value is -2.36. The van der Waals surface area contributed by atoms with Crippen molar-refractivity contribution in [3.63, 3.8) is 0 Å². The zero-order valence-electron chi connectivity index (χ0n) is 21.2. The highest BCUT2D eigenvalue weighted by Gasteiger charge is 2.62. The molecule has 0 fully saturated rings. The van der Waals surface area contributed by atoms with Crippen molar-refractivity contribution in [2.24, 2.45) is 0 Å². The molecule has 0 aliphatic carbocycles. The fourth-order valence-electron chi connectivity index (χ4n) is 3.57. The number of aromatic nitrogens is 2. The first kappa shape index (κ1) is 30.9. The average molecular weight is 535 g/mol. The highest BCUT2D eigenvalue weighted by atomic mass is 19.3. The molecule has 0 saturated carbocycles. The zero-order chi connectivity index (χ0) is 27.2. The molecule has 0 N–H and O–H groups in total. The van der Waals surface area contributed by atoms with Crippen LogP contribution in [0.15, 0.2) is 36.7 Å². The van der Waals surface area contributed by atoms with Crippen molar-refractivity contribution in [1.29, 1.82) is 0 Å². The van der Waals surface area contributed by atoms with Gasteiger partial charge < -0.3 is 9.47 Å². The molecule has 208 valence electrons. The van der Waals surface area contributed by atoms with E-state index in [1.165, 1.54) is 32.1 Å². The van der Waals surface area contributed by atoms with Crippen molar-refractivity contribution in [1.82, 2.24) is 9.97 Å². The summed E-state index contributed by atoms with van der Waals surface area (Å²) in [6.45, 7) is 0.587. The highest BCUT2D eigenvalue weighted by molar-refractivity contribution is 5.55. The Labute approximate surface area is 214 Å². The fourth-order valence-corrected chi connectivity index (χ4v) is 3.57. The van der Waals surface area contributed by atoms with E-state index in [0.717, 1.165) is 24.0 Å². The van der Waals surface area contributed by atoms with Crippen molar-refractivity contribution in [2.45, 2.75) is 89.4 Å². The van der Waals surface area contributed by atoms with E-state index in [4.69, 9.17) is 4.74 Å². The van der Waals surface area contributed by atoms with Gasteiger partial charge in [0.2, 0.25) is 0 Å². The van der Waals surface area contributed by atoms with Crippen molar-refractivity contribution in [3.8, 4) is 17.1 Å². The van der Waals surface area contributed by atoms with E-state index in [9.17, 15) is 26.3 Å². The summed E-state index contributed by atoms with van der Waals surface area (Å²) in [5, 5.41) is 0. The molecule has 0 atom stereocenters. The van der Waals surface area contributed by atoms with Crippen LogP contribution in [-0.4, -0.2) is 48.1 Å². The van der Waals surface area contributed by atoms with Crippen molar-refractivity contribution in [2.75, 3.05) is 19.8 Å². The van der Waals surface area contributed by atoms with Gasteiger partial charge in [0.15, 0.2) is 5.82 Å². The van der Waals surface area contributed by atoms with Gasteiger partial charge in [-0.2, -0.15) is 17.6 Å². The first-order valence-electron chi connectivity index (χ1n) is 12.8.